The van der Waals surface area contributed by atoms with E-state index in [1.807, 2.05) is 31.3 Å². The zero-order chi connectivity index (χ0) is 16.7. The normalized spacial score (nSPS) is 16.4. The van der Waals surface area contributed by atoms with E-state index < -0.39 is 0 Å². The Balaban J connectivity index is 1.72. The second-order valence-electron chi connectivity index (χ2n) is 6.15. The molecule has 0 aliphatic carbocycles. The van der Waals surface area contributed by atoms with Crippen LogP contribution in [0.5, 0.6) is 11.5 Å². The Kier molecular flexibility index (Phi) is 6.10. The van der Waals surface area contributed by atoms with Crippen LogP contribution in [0.25, 0.3) is 0 Å². The third-order valence-electron chi connectivity index (χ3n) is 3.90. The Morgan fingerprint density at radius 2 is 1.96 bits per heavy atom. The van der Waals surface area contributed by atoms with Gasteiger partial charge in [0.1, 0.15) is 18.1 Å². The highest BCUT2D eigenvalue weighted by Crippen LogP contribution is 2.25. The van der Waals surface area contributed by atoms with E-state index in [1.54, 1.807) is 14.2 Å². The van der Waals surface area contributed by atoms with Gasteiger partial charge in [-0.15, -0.1) is 0 Å². The van der Waals surface area contributed by atoms with Crippen molar-refractivity contribution < 1.29 is 14.2 Å². The van der Waals surface area contributed by atoms with E-state index >= 15 is 0 Å². The van der Waals surface area contributed by atoms with Crippen LogP contribution in [0.4, 0.5) is 0 Å². The molecule has 0 unspecified atom stereocenters. The fourth-order valence-electron chi connectivity index (χ4n) is 2.31. The van der Waals surface area contributed by atoms with E-state index in [2.05, 4.69) is 22.1 Å². The largest absolute Gasteiger partial charge is 0.497 e. The summed E-state index contributed by atoms with van der Waals surface area (Å²) >= 11 is 0. The number of rotatable bonds is 7. The first-order valence-electron chi connectivity index (χ1n) is 7.83. The lowest BCUT2D eigenvalue weighted by Crippen LogP contribution is -2.51. The molecule has 1 heterocycles. The molecule has 6 nitrogen and oxygen atoms in total. The number of ether oxygens (including phenoxy) is 3. The summed E-state index contributed by atoms with van der Waals surface area (Å²) in [5.41, 5.74) is 0.219. The molecule has 0 atom stereocenters. The topological polar surface area (TPSA) is 55.3 Å². The Morgan fingerprint density at radius 3 is 2.48 bits per heavy atom. The van der Waals surface area contributed by atoms with Crippen LogP contribution in [0, 0.1) is 5.41 Å². The van der Waals surface area contributed by atoms with Crippen LogP contribution in [-0.2, 0) is 4.74 Å². The maximum atomic E-state index is 5.75. The van der Waals surface area contributed by atoms with Gasteiger partial charge in [-0.1, -0.05) is 6.92 Å². The number of benzene rings is 1. The molecule has 0 saturated carbocycles. The van der Waals surface area contributed by atoms with Gasteiger partial charge >= 0.3 is 0 Å². The van der Waals surface area contributed by atoms with Crippen molar-refractivity contribution in [2.75, 3.05) is 54.1 Å². The summed E-state index contributed by atoms with van der Waals surface area (Å²) in [6.07, 6.45) is 0. The van der Waals surface area contributed by atoms with Crippen molar-refractivity contribution >= 4 is 5.96 Å². The zero-order valence-electron chi connectivity index (χ0n) is 14.5. The standard InChI is InChI=1S/C17H27N3O3/c1-17(12-22-13-17)11-19-16(18-2)20(3)9-10-23-15-7-5-14(21-4)6-8-15/h5-8H,9-13H2,1-4H3,(H,18,19). The van der Waals surface area contributed by atoms with Crippen LogP contribution in [-0.4, -0.2) is 65.0 Å². The minimum atomic E-state index is 0.219. The van der Waals surface area contributed by atoms with Gasteiger partial charge in [0.2, 0.25) is 0 Å². The van der Waals surface area contributed by atoms with Crippen LogP contribution in [0.2, 0.25) is 0 Å². The van der Waals surface area contributed by atoms with Crippen molar-refractivity contribution in [1.82, 2.24) is 10.2 Å². The SMILES string of the molecule is CN=C(NCC1(C)COC1)N(C)CCOc1ccc(OC)cc1. The molecule has 1 N–H and O–H groups in total. The molecule has 0 amide bonds. The van der Waals surface area contributed by atoms with Crippen LogP contribution in [0.15, 0.2) is 29.3 Å². The number of nitrogens with zero attached hydrogens (tertiary/aromatic N) is 2. The van der Waals surface area contributed by atoms with Gasteiger partial charge in [0, 0.05) is 26.1 Å². The maximum absolute atomic E-state index is 5.75. The molecule has 128 valence electrons. The summed E-state index contributed by atoms with van der Waals surface area (Å²) in [5.74, 6) is 2.53. The highest BCUT2D eigenvalue weighted by Gasteiger charge is 2.33. The smallest absolute Gasteiger partial charge is 0.193 e. The van der Waals surface area contributed by atoms with Crippen molar-refractivity contribution in [1.29, 1.82) is 0 Å². The first kappa shape index (κ1) is 17.4. The number of aliphatic imine (C=N–C) groups is 1. The lowest BCUT2D eigenvalue weighted by molar-refractivity contribution is -0.0972. The molecule has 0 radical (unpaired) electrons. The number of hydrogen-bond donors (Lipinski definition) is 1. The fourth-order valence-corrected chi connectivity index (χ4v) is 2.31. The predicted molar refractivity (Wildman–Crippen MR) is 91.4 cm³/mol. The maximum Gasteiger partial charge on any atom is 0.193 e. The molecule has 1 aliphatic heterocycles. The molecule has 0 bridgehead atoms. The van der Waals surface area contributed by atoms with Crippen molar-refractivity contribution in [3.63, 3.8) is 0 Å². The first-order valence-corrected chi connectivity index (χ1v) is 7.83. The second kappa shape index (κ2) is 8.06. The van der Waals surface area contributed by atoms with Crippen LogP contribution in [0.1, 0.15) is 6.92 Å². The van der Waals surface area contributed by atoms with E-state index in [0.717, 1.165) is 43.8 Å². The van der Waals surface area contributed by atoms with Gasteiger partial charge in [0.25, 0.3) is 0 Å². The van der Waals surface area contributed by atoms with Crippen LogP contribution >= 0.6 is 0 Å². The summed E-state index contributed by atoms with van der Waals surface area (Å²) in [5, 5.41) is 3.40. The number of nitrogens with one attached hydrogen (secondary N) is 1. The predicted octanol–water partition coefficient (Wildman–Crippen LogP) is 1.62. The molecule has 1 aromatic rings. The molecule has 2 rings (SSSR count). The van der Waals surface area contributed by atoms with Gasteiger partial charge < -0.3 is 24.4 Å². The molecule has 1 saturated heterocycles. The Morgan fingerprint density at radius 1 is 1.30 bits per heavy atom. The Bertz CT molecular complexity index is 512. The van der Waals surface area contributed by atoms with Gasteiger partial charge in [-0.3, -0.25) is 4.99 Å². The van der Waals surface area contributed by atoms with Crippen molar-refractivity contribution in [3.05, 3.63) is 24.3 Å². The summed E-state index contributed by atoms with van der Waals surface area (Å²) in [6, 6.07) is 7.59. The van der Waals surface area contributed by atoms with E-state index in [1.165, 1.54) is 0 Å². The molecule has 6 heteroatoms. The van der Waals surface area contributed by atoms with Crippen molar-refractivity contribution in [2.24, 2.45) is 10.4 Å². The summed E-state index contributed by atoms with van der Waals surface area (Å²) in [7, 11) is 5.45. The van der Waals surface area contributed by atoms with E-state index in [9.17, 15) is 0 Å². The monoisotopic (exact) mass is 321 g/mol. The average Bonchev–Trinajstić information content (AvgIpc) is 2.54. The lowest BCUT2D eigenvalue weighted by Gasteiger charge is -2.39. The molecular formula is C17H27N3O3. The lowest BCUT2D eigenvalue weighted by atomic mass is 9.89. The number of guanidine groups is 1. The van der Waals surface area contributed by atoms with E-state index in [0.29, 0.717) is 6.61 Å². The highest BCUT2D eigenvalue weighted by atomic mass is 16.5. The fraction of sp³-hybridized carbons (Fsp3) is 0.588. The molecule has 23 heavy (non-hydrogen) atoms. The molecule has 0 spiro atoms. The quantitative estimate of drug-likeness (QED) is 0.611. The van der Waals surface area contributed by atoms with Gasteiger partial charge in [-0.25, -0.2) is 0 Å². The Labute approximate surface area is 138 Å². The molecule has 1 aliphatic rings. The molecule has 0 aromatic heterocycles. The van der Waals surface area contributed by atoms with Gasteiger partial charge in [-0.2, -0.15) is 0 Å². The summed E-state index contributed by atoms with van der Waals surface area (Å²) in [6.45, 7) is 6.03. The van der Waals surface area contributed by atoms with Gasteiger partial charge in [0.05, 0.1) is 26.9 Å². The van der Waals surface area contributed by atoms with Crippen molar-refractivity contribution in [3.8, 4) is 11.5 Å². The van der Waals surface area contributed by atoms with Gasteiger partial charge in [0.15, 0.2) is 5.96 Å². The molecule has 1 fully saturated rings. The third kappa shape index (κ3) is 5.03. The molecular weight excluding hydrogens is 294 g/mol. The Hall–Kier alpha value is -1.95. The van der Waals surface area contributed by atoms with E-state index in [4.69, 9.17) is 14.2 Å². The highest BCUT2D eigenvalue weighted by molar-refractivity contribution is 5.79. The summed E-state index contributed by atoms with van der Waals surface area (Å²) in [4.78, 5) is 6.38. The van der Waals surface area contributed by atoms with E-state index in [-0.39, 0.29) is 5.41 Å². The number of likely N-dealkylation sites (N-methyl/N-ethyl adjacent to an activating group) is 1. The van der Waals surface area contributed by atoms with Crippen LogP contribution in [0.3, 0.4) is 0 Å². The average molecular weight is 321 g/mol. The van der Waals surface area contributed by atoms with Crippen molar-refractivity contribution in [2.45, 2.75) is 6.92 Å². The minimum absolute atomic E-state index is 0.219. The third-order valence-corrected chi connectivity index (χ3v) is 3.90. The summed E-state index contributed by atoms with van der Waals surface area (Å²) < 4.78 is 16.2. The molecule has 1 aromatic carbocycles. The number of hydrogen-bond acceptors (Lipinski definition) is 4. The van der Waals surface area contributed by atoms with Crippen LogP contribution < -0.4 is 14.8 Å². The second-order valence-corrected chi connectivity index (χ2v) is 6.15. The number of methoxy groups -OCH3 is 1. The zero-order valence-corrected chi connectivity index (χ0v) is 14.5. The van der Waals surface area contributed by atoms with Gasteiger partial charge in [-0.05, 0) is 24.3 Å². The first-order chi connectivity index (χ1) is 11.1. The minimum Gasteiger partial charge on any atom is -0.497 e.